The molecule has 2 radical (unpaired) electrons. The van der Waals surface area contributed by atoms with Crippen LogP contribution in [0.25, 0.3) is 0 Å². The smallest absolute Gasteiger partial charge is 0.113 e. The highest BCUT2D eigenvalue weighted by atomic mass is 15.1. The Balaban J connectivity index is 0.000000428. The van der Waals surface area contributed by atoms with E-state index in [1.807, 2.05) is 30.3 Å². The van der Waals surface area contributed by atoms with Crippen LogP contribution in [-0.2, 0) is 0 Å². The van der Waals surface area contributed by atoms with Crippen molar-refractivity contribution in [2.45, 2.75) is 59.3 Å². The van der Waals surface area contributed by atoms with Crippen molar-refractivity contribution in [1.82, 2.24) is 4.90 Å². The molecule has 0 aliphatic rings. The average Bonchev–Trinajstić information content (AvgIpc) is 2.48. The van der Waals surface area contributed by atoms with Gasteiger partial charge >= 0.3 is 0 Å². The monoisotopic (exact) mass is 273 g/mol. The fourth-order valence-corrected chi connectivity index (χ4v) is 1.93. The van der Waals surface area contributed by atoms with Crippen LogP contribution in [0.1, 0.15) is 59.3 Å². The maximum atomic E-state index is 5.36. The Morgan fingerprint density at radius 1 is 0.750 bits per heavy atom. The van der Waals surface area contributed by atoms with Gasteiger partial charge in [-0.05, 0) is 38.9 Å². The Morgan fingerprint density at radius 2 is 1.15 bits per heavy atom. The van der Waals surface area contributed by atoms with Crippen molar-refractivity contribution in [2.75, 3.05) is 19.6 Å². The van der Waals surface area contributed by atoms with Gasteiger partial charge in [0.2, 0.25) is 0 Å². The standard InChI is InChI=1S/C12H27N.C6H5B/c1-4-7-10-13(11-8-5-2)12-9-6-3;7-6-4-2-1-3-5-6/h4-12H2,1-3H3;1-5H. The summed E-state index contributed by atoms with van der Waals surface area (Å²) in [5.74, 6) is 0. The molecule has 0 saturated carbocycles. The van der Waals surface area contributed by atoms with Crippen molar-refractivity contribution in [1.29, 1.82) is 0 Å². The van der Waals surface area contributed by atoms with Crippen LogP contribution in [0.5, 0.6) is 0 Å². The summed E-state index contributed by atoms with van der Waals surface area (Å²) in [5.41, 5.74) is 0.822. The van der Waals surface area contributed by atoms with Gasteiger partial charge in [0.05, 0.1) is 0 Å². The molecule has 0 amide bonds. The summed E-state index contributed by atoms with van der Waals surface area (Å²) in [7, 11) is 5.36. The van der Waals surface area contributed by atoms with Crippen LogP contribution < -0.4 is 5.46 Å². The zero-order chi connectivity index (χ0) is 15.1. The molecule has 1 nitrogen and oxygen atoms in total. The van der Waals surface area contributed by atoms with Gasteiger partial charge in [0.15, 0.2) is 0 Å². The lowest BCUT2D eigenvalue weighted by molar-refractivity contribution is 0.261. The number of benzene rings is 1. The molecule has 0 bridgehead atoms. The second kappa shape index (κ2) is 14.6. The molecule has 0 N–H and O–H groups in total. The lowest BCUT2D eigenvalue weighted by Crippen LogP contribution is -2.27. The fraction of sp³-hybridized carbons (Fsp3) is 0.667. The quantitative estimate of drug-likeness (QED) is 0.610. The molecule has 1 aromatic carbocycles. The molecule has 0 aliphatic carbocycles. The molecule has 0 heterocycles. The number of unbranched alkanes of at least 4 members (excludes halogenated alkanes) is 3. The molecule has 0 unspecified atom stereocenters. The van der Waals surface area contributed by atoms with Crippen molar-refractivity contribution in [3.8, 4) is 0 Å². The van der Waals surface area contributed by atoms with Gasteiger partial charge in [0, 0.05) is 0 Å². The van der Waals surface area contributed by atoms with Gasteiger partial charge in [-0.1, -0.05) is 75.8 Å². The lowest BCUT2D eigenvalue weighted by Gasteiger charge is -2.21. The van der Waals surface area contributed by atoms with Crippen LogP contribution in [0.3, 0.4) is 0 Å². The zero-order valence-corrected chi connectivity index (χ0v) is 13.8. The molecule has 1 rings (SSSR count). The highest BCUT2D eigenvalue weighted by Gasteiger charge is 2.01. The highest BCUT2D eigenvalue weighted by molar-refractivity contribution is 6.32. The highest BCUT2D eigenvalue weighted by Crippen LogP contribution is 2.01. The van der Waals surface area contributed by atoms with Gasteiger partial charge in [-0.15, -0.1) is 0 Å². The number of nitrogens with zero attached hydrogens (tertiary/aromatic N) is 1. The maximum Gasteiger partial charge on any atom is 0.113 e. The van der Waals surface area contributed by atoms with Crippen LogP contribution in [-0.4, -0.2) is 32.4 Å². The van der Waals surface area contributed by atoms with Crippen molar-refractivity contribution in [2.24, 2.45) is 0 Å². The van der Waals surface area contributed by atoms with E-state index >= 15 is 0 Å². The van der Waals surface area contributed by atoms with Crippen molar-refractivity contribution >= 4 is 13.3 Å². The summed E-state index contributed by atoms with van der Waals surface area (Å²) in [5, 5.41) is 0. The Hall–Kier alpha value is -0.755. The average molecular weight is 273 g/mol. The van der Waals surface area contributed by atoms with Crippen LogP contribution >= 0.6 is 0 Å². The third-order valence-corrected chi connectivity index (χ3v) is 3.28. The van der Waals surface area contributed by atoms with Crippen LogP contribution in [0.4, 0.5) is 0 Å². The molecule has 0 spiro atoms. The summed E-state index contributed by atoms with van der Waals surface area (Å²) in [6.07, 6.45) is 8.09. The fourth-order valence-electron chi connectivity index (χ4n) is 1.93. The van der Waals surface area contributed by atoms with E-state index < -0.39 is 0 Å². The third-order valence-electron chi connectivity index (χ3n) is 3.28. The first-order chi connectivity index (χ1) is 9.74. The van der Waals surface area contributed by atoms with Gasteiger partial charge in [-0.3, -0.25) is 0 Å². The van der Waals surface area contributed by atoms with E-state index in [0.29, 0.717) is 0 Å². The molecular weight excluding hydrogens is 241 g/mol. The molecule has 0 atom stereocenters. The molecule has 1 aromatic rings. The van der Waals surface area contributed by atoms with E-state index in [-0.39, 0.29) is 0 Å². The van der Waals surface area contributed by atoms with Gasteiger partial charge in [-0.2, -0.15) is 0 Å². The maximum absolute atomic E-state index is 5.36. The third kappa shape index (κ3) is 12.3. The minimum atomic E-state index is 0.822. The minimum Gasteiger partial charge on any atom is -0.303 e. The van der Waals surface area contributed by atoms with Crippen LogP contribution in [0.2, 0.25) is 0 Å². The molecule has 112 valence electrons. The summed E-state index contributed by atoms with van der Waals surface area (Å²) >= 11 is 0. The molecular formula is C18H32BN. The van der Waals surface area contributed by atoms with E-state index in [9.17, 15) is 0 Å². The van der Waals surface area contributed by atoms with Crippen LogP contribution in [0, 0.1) is 0 Å². The van der Waals surface area contributed by atoms with Crippen LogP contribution in [0.15, 0.2) is 30.3 Å². The number of hydrogen-bond acceptors (Lipinski definition) is 1. The van der Waals surface area contributed by atoms with Gasteiger partial charge in [0.1, 0.15) is 7.85 Å². The Labute approximate surface area is 128 Å². The summed E-state index contributed by atoms with van der Waals surface area (Å²) in [4.78, 5) is 2.64. The first-order valence-corrected chi connectivity index (χ1v) is 8.27. The second-order valence-electron chi connectivity index (χ2n) is 5.31. The summed E-state index contributed by atoms with van der Waals surface area (Å²) in [6.45, 7) is 10.8. The van der Waals surface area contributed by atoms with E-state index in [1.54, 1.807) is 0 Å². The Morgan fingerprint density at radius 3 is 1.40 bits per heavy atom. The molecule has 0 aromatic heterocycles. The van der Waals surface area contributed by atoms with Gasteiger partial charge in [0.25, 0.3) is 0 Å². The lowest BCUT2D eigenvalue weighted by atomic mass is 9.97. The molecule has 0 fully saturated rings. The topological polar surface area (TPSA) is 3.24 Å². The van der Waals surface area contributed by atoms with E-state index in [4.69, 9.17) is 7.85 Å². The SMILES string of the molecule is CCCCN(CCCC)CCCC.[B]c1ccccc1. The summed E-state index contributed by atoms with van der Waals surface area (Å²) < 4.78 is 0. The predicted octanol–water partition coefficient (Wildman–Crippen LogP) is 4.17. The summed E-state index contributed by atoms with van der Waals surface area (Å²) in [6, 6.07) is 9.49. The van der Waals surface area contributed by atoms with Crippen molar-refractivity contribution in [3.63, 3.8) is 0 Å². The molecule has 0 saturated heterocycles. The predicted molar refractivity (Wildman–Crippen MR) is 93.0 cm³/mol. The Kier molecular flexibility index (Phi) is 14.1. The first-order valence-electron chi connectivity index (χ1n) is 8.27. The molecule has 2 heteroatoms. The normalized spacial score (nSPS) is 10.2. The van der Waals surface area contributed by atoms with Gasteiger partial charge < -0.3 is 4.90 Å². The van der Waals surface area contributed by atoms with E-state index in [2.05, 4.69) is 25.7 Å². The Bertz CT molecular complexity index is 268. The van der Waals surface area contributed by atoms with Crippen molar-refractivity contribution in [3.05, 3.63) is 30.3 Å². The van der Waals surface area contributed by atoms with Gasteiger partial charge in [-0.25, -0.2) is 0 Å². The largest absolute Gasteiger partial charge is 0.303 e. The van der Waals surface area contributed by atoms with E-state index in [0.717, 1.165) is 5.46 Å². The second-order valence-corrected chi connectivity index (χ2v) is 5.31. The molecule has 0 aliphatic heterocycles. The molecule has 20 heavy (non-hydrogen) atoms. The first kappa shape index (κ1) is 19.2. The number of hydrogen-bond donors (Lipinski definition) is 0. The van der Waals surface area contributed by atoms with Crippen molar-refractivity contribution < 1.29 is 0 Å². The van der Waals surface area contributed by atoms with E-state index in [1.165, 1.54) is 58.2 Å². The number of rotatable bonds is 9. The zero-order valence-electron chi connectivity index (χ0n) is 13.8. The minimum absolute atomic E-state index is 0.822.